The molecule has 0 bridgehead atoms. The third kappa shape index (κ3) is 4.51. The summed E-state index contributed by atoms with van der Waals surface area (Å²) in [5.41, 5.74) is 2.46. The first-order chi connectivity index (χ1) is 15.0. The Morgan fingerprint density at radius 1 is 1.13 bits per heavy atom. The second-order valence-corrected chi connectivity index (χ2v) is 8.89. The van der Waals surface area contributed by atoms with Crippen LogP contribution in [0.5, 0.6) is 17.5 Å². The van der Waals surface area contributed by atoms with Gasteiger partial charge in [0.25, 0.3) is 0 Å². The topological polar surface area (TPSA) is 90.1 Å². The van der Waals surface area contributed by atoms with Crippen LogP contribution in [0.2, 0.25) is 0 Å². The highest BCUT2D eigenvalue weighted by molar-refractivity contribution is 6.21. The number of ether oxygens (including phenoxy) is 1. The predicted octanol–water partition coefficient (Wildman–Crippen LogP) is 2.40. The third-order valence-corrected chi connectivity index (χ3v) is 6.85. The van der Waals surface area contributed by atoms with Crippen LogP contribution in [-0.4, -0.2) is 69.1 Å². The standard InChI is InChI=1S/C23H32ClN3O4/c1-2-31-21-7-4-3-6-15(21)19-14-25-8-11-26(19)9-5-10-27-22(29)16-12-18(24)20(28)13-17(16)23(27)30/h3-4,6-7,18-20,25,28-30H,2,5,8-14H2,1H3. The highest BCUT2D eigenvalue weighted by atomic mass is 35.5. The number of rotatable bonds is 7. The number of alkyl halides is 1. The van der Waals surface area contributed by atoms with Crippen LogP contribution >= 0.6 is 11.6 Å². The van der Waals surface area contributed by atoms with Crippen LogP contribution in [0.3, 0.4) is 0 Å². The summed E-state index contributed by atoms with van der Waals surface area (Å²) in [6.45, 7) is 6.66. The van der Waals surface area contributed by atoms with E-state index in [1.165, 1.54) is 5.56 Å². The number of aromatic nitrogens is 1. The van der Waals surface area contributed by atoms with Crippen LogP contribution in [0.4, 0.5) is 0 Å². The Bertz CT molecular complexity index is 870. The second kappa shape index (κ2) is 9.69. The maximum absolute atomic E-state index is 10.6. The number of benzene rings is 1. The van der Waals surface area contributed by atoms with Crippen molar-refractivity contribution in [2.75, 3.05) is 32.8 Å². The van der Waals surface area contributed by atoms with Gasteiger partial charge in [-0.25, -0.2) is 0 Å². The largest absolute Gasteiger partial charge is 0.494 e. The van der Waals surface area contributed by atoms with Gasteiger partial charge in [0.1, 0.15) is 5.75 Å². The van der Waals surface area contributed by atoms with E-state index in [1.54, 1.807) is 4.57 Å². The Hall–Kier alpha value is -1.93. The fourth-order valence-electron chi connectivity index (χ4n) is 4.80. The van der Waals surface area contributed by atoms with Crippen LogP contribution in [0.25, 0.3) is 0 Å². The van der Waals surface area contributed by atoms with Crippen molar-refractivity contribution in [1.29, 1.82) is 0 Å². The zero-order chi connectivity index (χ0) is 22.0. The number of nitrogens with zero attached hydrogens (tertiary/aromatic N) is 2. The van der Waals surface area contributed by atoms with Crippen molar-refractivity contribution in [1.82, 2.24) is 14.8 Å². The number of halogens is 1. The van der Waals surface area contributed by atoms with Crippen molar-refractivity contribution in [3.05, 3.63) is 41.0 Å². The number of piperazine rings is 1. The van der Waals surface area contributed by atoms with Gasteiger partial charge in [0.15, 0.2) is 11.8 Å². The second-order valence-electron chi connectivity index (χ2n) is 8.33. The monoisotopic (exact) mass is 449 g/mol. The van der Waals surface area contributed by atoms with Gasteiger partial charge in [-0.2, -0.15) is 0 Å². The number of fused-ring (bicyclic) bond motifs is 1. The molecule has 170 valence electrons. The minimum atomic E-state index is -0.706. The van der Waals surface area contributed by atoms with Gasteiger partial charge in [-0.3, -0.25) is 9.47 Å². The third-order valence-electron chi connectivity index (χ3n) is 6.40. The normalized spacial score (nSPS) is 24.2. The molecule has 4 N–H and O–H groups in total. The summed E-state index contributed by atoms with van der Waals surface area (Å²) in [6, 6.07) is 8.40. The minimum absolute atomic E-state index is 0.0497. The molecule has 0 saturated carbocycles. The van der Waals surface area contributed by atoms with Gasteiger partial charge in [-0.05, 0) is 25.8 Å². The Morgan fingerprint density at radius 2 is 1.87 bits per heavy atom. The van der Waals surface area contributed by atoms with Gasteiger partial charge in [0.05, 0.1) is 24.1 Å². The van der Waals surface area contributed by atoms with E-state index < -0.39 is 11.5 Å². The molecule has 2 aliphatic rings. The van der Waals surface area contributed by atoms with Gasteiger partial charge in [-0.1, -0.05) is 18.2 Å². The van der Waals surface area contributed by atoms with Crippen LogP contribution < -0.4 is 10.1 Å². The Balaban J connectivity index is 1.45. The number of aliphatic hydroxyl groups is 1. The van der Waals surface area contributed by atoms with E-state index in [-0.39, 0.29) is 24.2 Å². The SMILES string of the molecule is CCOc1ccccc1C1CNCCN1CCCn1c(O)c2c(c1O)CC(Cl)C(O)C2. The summed E-state index contributed by atoms with van der Waals surface area (Å²) in [5.74, 6) is 1.04. The highest BCUT2D eigenvalue weighted by Crippen LogP contribution is 2.40. The lowest BCUT2D eigenvalue weighted by atomic mass is 9.92. The molecule has 4 rings (SSSR count). The van der Waals surface area contributed by atoms with E-state index in [1.807, 2.05) is 25.1 Å². The molecule has 1 aromatic heterocycles. The molecule has 1 aliphatic carbocycles. The summed E-state index contributed by atoms with van der Waals surface area (Å²) in [7, 11) is 0. The van der Waals surface area contributed by atoms with Crippen LogP contribution in [-0.2, 0) is 19.4 Å². The fourth-order valence-corrected chi connectivity index (χ4v) is 5.04. The summed E-state index contributed by atoms with van der Waals surface area (Å²) in [5, 5.41) is 34.3. The van der Waals surface area contributed by atoms with Gasteiger partial charge in [0.2, 0.25) is 0 Å². The zero-order valence-electron chi connectivity index (χ0n) is 17.9. The summed E-state index contributed by atoms with van der Waals surface area (Å²) < 4.78 is 7.41. The Labute approximate surface area is 188 Å². The number of aromatic hydroxyl groups is 2. The first-order valence-electron chi connectivity index (χ1n) is 11.1. The molecule has 2 aromatic rings. The molecule has 7 nitrogen and oxygen atoms in total. The van der Waals surface area contributed by atoms with Gasteiger partial charge in [0, 0.05) is 55.8 Å². The molecule has 0 spiro atoms. The van der Waals surface area contributed by atoms with Crippen molar-refractivity contribution in [3.63, 3.8) is 0 Å². The van der Waals surface area contributed by atoms with Crippen molar-refractivity contribution in [3.8, 4) is 17.5 Å². The fraction of sp³-hybridized carbons (Fsp3) is 0.565. The minimum Gasteiger partial charge on any atom is -0.494 e. The van der Waals surface area contributed by atoms with E-state index in [0.29, 0.717) is 30.7 Å². The smallest absolute Gasteiger partial charge is 0.197 e. The lowest BCUT2D eigenvalue weighted by Gasteiger charge is -2.37. The maximum atomic E-state index is 10.6. The lowest BCUT2D eigenvalue weighted by Crippen LogP contribution is -2.46. The van der Waals surface area contributed by atoms with E-state index in [0.717, 1.165) is 38.3 Å². The molecule has 3 unspecified atom stereocenters. The van der Waals surface area contributed by atoms with Crippen LogP contribution in [0.1, 0.15) is 36.1 Å². The van der Waals surface area contributed by atoms with Gasteiger partial charge < -0.3 is 25.4 Å². The molecule has 8 heteroatoms. The predicted molar refractivity (Wildman–Crippen MR) is 120 cm³/mol. The quantitative estimate of drug-likeness (QED) is 0.485. The van der Waals surface area contributed by atoms with Gasteiger partial charge >= 0.3 is 0 Å². The first-order valence-corrected chi connectivity index (χ1v) is 11.6. The zero-order valence-corrected chi connectivity index (χ0v) is 18.7. The number of hydrogen-bond donors (Lipinski definition) is 4. The van der Waals surface area contributed by atoms with E-state index in [9.17, 15) is 15.3 Å². The first kappa shape index (κ1) is 22.3. The molecular formula is C23H32ClN3O4. The van der Waals surface area contributed by atoms with Crippen molar-refractivity contribution in [2.45, 2.75) is 50.3 Å². The average Bonchev–Trinajstić information content (AvgIpc) is 2.99. The van der Waals surface area contributed by atoms with E-state index in [2.05, 4.69) is 16.3 Å². The molecule has 1 saturated heterocycles. The Kier molecular flexibility index (Phi) is 6.96. The molecule has 0 amide bonds. The molecule has 1 aromatic carbocycles. The van der Waals surface area contributed by atoms with Crippen molar-refractivity contribution >= 4 is 11.6 Å². The molecule has 0 radical (unpaired) electrons. The Morgan fingerprint density at radius 3 is 2.65 bits per heavy atom. The van der Waals surface area contributed by atoms with Crippen molar-refractivity contribution in [2.24, 2.45) is 0 Å². The van der Waals surface area contributed by atoms with Gasteiger partial charge in [-0.15, -0.1) is 11.6 Å². The summed E-state index contributed by atoms with van der Waals surface area (Å²) in [6.07, 6.45) is 0.694. The summed E-state index contributed by atoms with van der Waals surface area (Å²) in [4.78, 5) is 2.43. The maximum Gasteiger partial charge on any atom is 0.197 e. The number of nitrogens with one attached hydrogen (secondary N) is 1. The molecule has 1 fully saturated rings. The summed E-state index contributed by atoms with van der Waals surface area (Å²) >= 11 is 6.17. The van der Waals surface area contributed by atoms with E-state index in [4.69, 9.17) is 16.3 Å². The molecule has 31 heavy (non-hydrogen) atoms. The number of aliphatic hydroxyl groups excluding tert-OH is 1. The van der Waals surface area contributed by atoms with Crippen LogP contribution in [0.15, 0.2) is 24.3 Å². The number of hydrogen-bond acceptors (Lipinski definition) is 6. The number of para-hydroxylation sites is 1. The molecular weight excluding hydrogens is 418 g/mol. The highest BCUT2D eigenvalue weighted by Gasteiger charge is 2.33. The lowest BCUT2D eigenvalue weighted by molar-refractivity contribution is 0.153. The van der Waals surface area contributed by atoms with E-state index >= 15 is 0 Å². The molecule has 1 aliphatic heterocycles. The van der Waals surface area contributed by atoms with Crippen molar-refractivity contribution < 1.29 is 20.1 Å². The van der Waals surface area contributed by atoms with Crippen LogP contribution in [0, 0.1) is 0 Å². The molecule has 3 atom stereocenters. The average molecular weight is 450 g/mol. The molecule has 2 heterocycles.